The number of anilines is 2. The number of hydrogen-bond donors (Lipinski definition) is 2. The predicted octanol–water partition coefficient (Wildman–Crippen LogP) is 4.25. The van der Waals surface area contributed by atoms with Crippen LogP contribution in [0.1, 0.15) is 33.6 Å². The molecule has 20 heavy (non-hydrogen) atoms. The summed E-state index contributed by atoms with van der Waals surface area (Å²) in [6.07, 6.45) is 1.93. The lowest BCUT2D eigenvalue weighted by Gasteiger charge is -2.19. The third kappa shape index (κ3) is 5.19. The molecule has 0 saturated heterocycles. The third-order valence-electron chi connectivity index (χ3n) is 2.90. The van der Waals surface area contributed by atoms with Crippen LogP contribution in [0.4, 0.5) is 24.5 Å². The van der Waals surface area contributed by atoms with Gasteiger partial charge in [-0.3, -0.25) is 0 Å². The molecule has 0 fully saturated rings. The smallest absolute Gasteiger partial charge is 0.387 e. The van der Waals surface area contributed by atoms with E-state index in [9.17, 15) is 13.2 Å². The zero-order valence-corrected chi connectivity index (χ0v) is 11.9. The van der Waals surface area contributed by atoms with Crippen LogP contribution in [0.15, 0.2) is 12.1 Å². The van der Waals surface area contributed by atoms with E-state index in [2.05, 4.69) is 23.9 Å². The number of benzene rings is 1. The minimum Gasteiger partial charge on any atom is -0.432 e. The fourth-order valence-corrected chi connectivity index (χ4v) is 1.80. The number of alkyl halides is 2. The van der Waals surface area contributed by atoms with Crippen molar-refractivity contribution in [2.45, 2.75) is 46.3 Å². The lowest BCUT2D eigenvalue weighted by molar-refractivity contribution is -0.0521. The highest BCUT2D eigenvalue weighted by molar-refractivity contribution is 5.68. The normalized spacial score (nSPS) is 12.8. The molecule has 6 heteroatoms. The molecule has 114 valence electrons. The number of ether oxygens (including phenoxy) is 1. The van der Waals surface area contributed by atoms with Gasteiger partial charge in [0, 0.05) is 18.2 Å². The Morgan fingerprint density at radius 2 is 1.85 bits per heavy atom. The van der Waals surface area contributed by atoms with Crippen molar-refractivity contribution in [1.29, 1.82) is 0 Å². The SMILES string of the molecule is CC(C)CCC(C)Nc1cc(OC(F)F)c(F)cc1N. The maximum atomic E-state index is 13.4. The summed E-state index contributed by atoms with van der Waals surface area (Å²) in [5, 5.41) is 3.09. The van der Waals surface area contributed by atoms with E-state index in [1.165, 1.54) is 6.07 Å². The van der Waals surface area contributed by atoms with Crippen molar-refractivity contribution in [2.24, 2.45) is 5.92 Å². The summed E-state index contributed by atoms with van der Waals surface area (Å²) in [4.78, 5) is 0. The summed E-state index contributed by atoms with van der Waals surface area (Å²) < 4.78 is 41.9. The number of hydrogen-bond acceptors (Lipinski definition) is 3. The predicted molar refractivity (Wildman–Crippen MR) is 74.6 cm³/mol. The second-order valence-corrected chi connectivity index (χ2v) is 5.26. The topological polar surface area (TPSA) is 47.3 Å². The molecule has 0 aliphatic rings. The Morgan fingerprint density at radius 1 is 1.20 bits per heavy atom. The van der Waals surface area contributed by atoms with Crippen LogP contribution in [0.25, 0.3) is 0 Å². The summed E-state index contributed by atoms with van der Waals surface area (Å²) in [6.45, 7) is 3.12. The number of nitrogen functional groups attached to an aromatic ring is 1. The highest BCUT2D eigenvalue weighted by Gasteiger charge is 2.14. The molecular formula is C14H21F3N2O. The number of nitrogens with two attached hydrogens (primary N) is 1. The first-order valence-corrected chi connectivity index (χ1v) is 6.60. The standard InChI is InChI=1S/C14H21F3N2O/c1-8(2)4-5-9(3)19-12-7-13(20-14(16)17)10(15)6-11(12)18/h6-9,14,19H,4-5,18H2,1-3H3. The molecule has 0 heterocycles. The first kappa shape index (κ1) is 16.5. The molecule has 1 atom stereocenters. The van der Waals surface area contributed by atoms with Crippen LogP contribution in [-0.2, 0) is 0 Å². The van der Waals surface area contributed by atoms with Gasteiger partial charge in [-0.15, -0.1) is 0 Å². The minimum atomic E-state index is -3.07. The zero-order chi connectivity index (χ0) is 15.3. The molecule has 1 rings (SSSR count). The maximum Gasteiger partial charge on any atom is 0.387 e. The molecule has 0 aromatic heterocycles. The maximum absolute atomic E-state index is 13.4. The Labute approximate surface area is 117 Å². The van der Waals surface area contributed by atoms with E-state index in [1.54, 1.807) is 0 Å². The van der Waals surface area contributed by atoms with Gasteiger partial charge in [0.05, 0.1) is 11.4 Å². The van der Waals surface area contributed by atoms with Crippen molar-refractivity contribution in [3.05, 3.63) is 17.9 Å². The minimum absolute atomic E-state index is 0.101. The van der Waals surface area contributed by atoms with Gasteiger partial charge in [0.1, 0.15) is 0 Å². The van der Waals surface area contributed by atoms with E-state index < -0.39 is 18.2 Å². The van der Waals surface area contributed by atoms with Crippen LogP contribution < -0.4 is 15.8 Å². The molecule has 3 N–H and O–H groups in total. The highest BCUT2D eigenvalue weighted by atomic mass is 19.3. The van der Waals surface area contributed by atoms with Crippen LogP contribution >= 0.6 is 0 Å². The van der Waals surface area contributed by atoms with Crippen LogP contribution in [-0.4, -0.2) is 12.7 Å². The Hall–Kier alpha value is -1.59. The van der Waals surface area contributed by atoms with Crippen molar-refractivity contribution in [3.63, 3.8) is 0 Å². The first-order chi connectivity index (χ1) is 9.29. The Kier molecular flexibility index (Phi) is 5.98. The molecule has 0 amide bonds. The third-order valence-corrected chi connectivity index (χ3v) is 2.90. The van der Waals surface area contributed by atoms with Crippen molar-refractivity contribution < 1.29 is 17.9 Å². The van der Waals surface area contributed by atoms with Gasteiger partial charge in [-0.2, -0.15) is 8.78 Å². The summed E-state index contributed by atoms with van der Waals surface area (Å²) in [6, 6.07) is 2.25. The van der Waals surface area contributed by atoms with Crippen molar-refractivity contribution in [3.8, 4) is 5.75 Å². The molecule has 0 saturated carbocycles. The van der Waals surface area contributed by atoms with Gasteiger partial charge < -0.3 is 15.8 Å². The molecule has 0 spiro atoms. The molecule has 1 aromatic rings. The average Bonchev–Trinajstić information content (AvgIpc) is 2.32. The van der Waals surface area contributed by atoms with Crippen LogP contribution in [0.5, 0.6) is 5.75 Å². The molecule has 1 unspecified atom stereocenters. The van der Waals surface area contributed by atoms with E-state index in [1.807, 2.05) is 6.92 Å². The van der Waals surface area contributed by atoms with Gasteiger partial charge in [0.25, 0.3) is 0 Å². The van der Waals surface area contributed by atoms with Crippen molar-refractivity contribution in [2.75, 3.05) is 11.1 Å². The fourth-order valence-electron chi connectivity index (χ4n) is 1.80. The molecule has 0 aliphatic heterocycles. The number of halogens is 3. The van der Waals surface area contributed by atoms with Crippen molar-refractivity contribution in [1.82, 2.24) is 0 Å². The molecule has 3 nitrogen and oxygen atoms in total. The molecule has 0 aliphatic carbocycles. The van der Waals surface area contributed by atoms with E-state index >= 15 is 0 Å². The monoisotopic (exact) mass is 290 g/mol. The molecule has 1 aromatic carbocycles. The van der Waals surface area contributed by atoms with E-state index in [4.69, 9.17) is 5.73 Å². The van der Waals surface area contributed by atoms with Gasteiger partial charge >= 0.3 is 6.61 Å². The van der Waals surface area contributed by atoms with Crippen LogP contribution in [0.2, 0.25) is 0 Å². The molecular weight excluding hydrogens is 269 g/mol. The number of rotatable bonds is 7. The summed E-state index contributed by atoms with van der Waals surface area (Å²) in [7, 11) is 0. The second-order valence-electron chi connectivity index (χ2n) is 5.26. The highest BCUT2D eigenvalue weighted by Crippen LogP contribution is 2.30. The first-order valence-electron chi connectivity index (χ1n) is 6.60. The van der Waals surface area contributed by atoms with Gasteiger partial charge in [-0.25, -0.2) is 4.39 Å². The summed E-state index contributed by atoms with van der Waals surface area (Å²) in [5.41, 5.74) is 6.25. The zero-order valence-electron chi connectivity index (χ0n) is 11.9. The largest absolute Gasteiger partial charge is 0.432 e. The lowest BCUT2D eigenvalue weighted by atomic mass is 10.0. The summed E-state index contributed by atoms with van der Waals surface area (Å²) >= 11 is 0. The van der Waals surface area contributed by atoms with Gasteiger partial charge in [0.2, 0.25) is 0 Å². The van der Waals surface area contributed by atoms with Crippen LogP contribution in [0.3, 0.4) is 0 Å². The quantitative estimate of drug-likeness (QED) is 0.738. The van der Waals surface area contributed by atoms with Crippen molar-refractivity contribution >= 4 is 11.4 Å². The van der Waals surface area contributed by atoms with Crippen LogP contribution in [0, 0.1) is 11.7 Å². The van der Waals surface area contributed by atoms with E-state index in [0.717, 1.165) is 18.9 Å². The van der Waals surface area contributed by atoms with Gasteiger partial charge in [0.15, 0.2) is 11.6 Å². The Bertz CT molecular complexity index is 439. The van der Waals surface area contributed by atoms with E-state index in [0.29, 0.717) is 11.6 Å². The lowest BCUT2D eigenvalue weighted by Crippen LogP contribution is -2.17. The molecule has 0 radical (unpaired) electrons. The summed E-state index contributed by atoms with van der Waals surface area (Å²) in [5.74, 6) is -0.835. The Morgan fingerprint density at radius 3 is 2.40 bits per heavy atom. The second kappa shape index (κ2) is 7.26. The average molecular weight is 290 g/mol. The number of nitrogens with one attached hydrogen (secondary N) is 1. The van der Waals surface area contributed by atoms with E-state index in [-0.39, 0.29) is 11.7 Å². The van der Waals surface area contributed by atoms with Gasteiger partial charge in [-0.1, -0.05) is 13.8 Å². The Balaban J connectivity index is 2.78. The van der Waals surface area contributed by atoms with Gasteiger partial charge in [-0.05, 0) is 25.7 Å². The molecule has 0 bridgehead atoms. The fraction of sp³-hybridized carbons (Fsp3) is 0.571.